The molecule has 0 aliphatic carbocycles. The van der Waals surface area contributed by atoms with Gasteiger partial charge in [-0.1, -0.05) is 20.8 Å². The number of amides is 1. The van der Waals surface area contributed by atoms with E-state index in [-0.39, 0.29) is 5.91 Å². The Labute approximate surface area is 81.1 Å². The summed E-state index contributed by atoms with van der Waals surface area (Å²) in [6, 6.07) is 0. The molecule has 0 saturated carbocycles. The van der Waals surface area contributed by atoms with Crippen LogP contribution >= 0.6 is 0 Å². The molecule has 0 aromatic rings. The Morgan fingerprint density at radius 3 is 2.38 bits per heavy atom. The zero-order valence-corrected chi connectivity index (χ0v) is 9.02. The predicted molar refractivity (Wildman–Crippen MR) is 55.4 cm³/mol. The minimum atomic E-state index is -0.198. The van der Waals surface area contributed by atoms with Crippen LogP contribution in [0.15, 0.2) is 0 Å². The minimum Gasteiger partial charge on any atom is -0.370 e. The number of carbonyl (C=O) groups excluding carboxylic acids is 1. The lowest BCUT2D eigenvalue weighted by Gasteiger charge is -2.18. The van der Waals surface area contributed by atoms with Gasteiger partial charge in [0, 0.05) is 6.42 Å². The van der Waals surface area contributed by atoms with Crippen molar-refractivity contribution in [2.24, 2.45) is 11.1 Å². The molecule has 0 bridgehead atoms. The van der Waals surface area contributed by atoms with Gasteiger partial charge in [0.25, 0.3) is 0 Å². The van der Waals surface area contributed by atoms with Crippen LogP contribution in [0.1, 0.15) is 40.0 Å². The fourth-order valence-corrected chi connectivity index (χ4v) is 1.01. The zero-order valence-electron chi connectivity index (χ0n) is 9.02. The Morgan fingerprint density at radius 1 is 1.31 bits per heavy atom. The molecular formula is C10H22N2O. The molecule has 0 heterocycles. The smallest absolute Gasteiger partial charge is 0.217 e. The SMILES string of the molecule is CC(C)(C)CNCCCCC(N)=O. The van der Waals surface area contributed by atoms with Crippen LogP contribution in [-0.4, -0.2) is 19.0 Å². The number of primary amides is 1. The number of nitrogens with one attached hydrogen (secondary N) is 1. The molecule has 78 valence electrons. The highest BCUT2D eigenvalue weighted by Gasteiger charge is 2.08. The first-order chi connectivity index (χ1) is 5.92. The fraction of sp³-hybridized carbons (Fsp3) is 0.900. The summed E-state index contributed by atoms with van der Waals surface area (Å²) in [4.78, 5) is 10.4. The Hall–Kier alpha value is -0.570. The van der Waals surface area contributed by atoms with E-state index < -0.39 is 0 Å². The summed E-state index contributed by atoms with van der Waals surface area (Å²) < 4.78 is 0. The zero-order chi connectivity index (χ0) is 10.3. The van der Waals surface area contributed by atoms with Gasteiger partial charge < -0.3 is 11.1 Å². The number of nitrogens with two attached hydrogens (primary N) is 1. The molecule has 0 aromatic carbocycles. The van der Waals surface area contributed by atoms with E-state index in [1.807, 2.05) is 0 Å². The van der Waals surface area contributed by atoms with Gasteiger partial charge in [-0.05, 0) is 31.3 Å². The van der Waals surface area contributed by atoms with Crippen LogP contribution in [0.4, 0.5) is 0 Å². The number of unbranched alkanes of at least 4 members (excludes halogenated alkanes) is 1. The second-order valence-corrected chi connectivity index (χ2v) is 4.66. The average molecular weight is 186 g/mol. The first-order valence-electron chi connectivity index (χ1n) is 4.91. The first kappa shape index (κ1) is 12.4. The van der Waals surface area contributed by atoms with Gasteiger partial charge in [0.1, 0.15) is 0 Å². The van der Waals surface area contributed by atoms with Gasteiger partial charge in [0.2, 0.25) is 5.91 Å². The Kier molecular flexibility index (Phi) is 5.71. The normalized spacial score (nSPS) is 11.6. The van der Waals surface area contributed by atoms with E-state index in [1.165, 1.54) is 0 Å². The van der Waals surface area contributed by atoms with E-state index in [9.17, 15) is 4.79 Å². The summed E-state index contributed by atoms with van der Waals surface area (Å²) in [6.07, 6.45) is 2.43. The molecule has 0 unspecified atom stereocenters. The average Bonchev–Trinajstić information content (AvgIpc) is 1.93. The van der Waals surface area contributed by atoms with Crippen molar-refractivity contribution in [3.63, 3.8) is 0 Å². The lowest BCUT2D eigenvalue weighted by molar-refractivity contribution is -0.118. The highest BCUT2D eigenvalue weighted by atomic mass is 16.1. The Balaban J connectivity index is 3.13. The third-order valence-corrected chi connectivity index (χ3v) is 1.68. The molecule has 0 atom stereocenters. The van der Waals surface area contributed by atoms with Crippen LogP contribution in [0.2, 0.25) is 0 Å². The number of hydrogen-bond acceptors (Lipinski definition) is 2. The van der Waals surface area contributed by atoms with Gasteiger partial charge in [0.15, 0.2) is 0 Å². The molecule has 3 heteroatoms. The topological polar surface area (TPSA) is 55.1 Å². The monoisotopic (exact) mass is 186 g/mol. The summed E-state index contributed by atoms with van der Waals surface area (Å²) in [5.74, 6) is -0.198. The van der Waals surface area contributed by atoms with E-state index in [4.69, 9.17) is 5.73 Å². The van der Waals surface area contributed by atoms with Crippen LogP contribution in [0.5, 0.6) is 0 Å². The van der Waals surface area contributed by atoms with Crippen molar-refractivity contribution in [3.05, 3.63) is 0 Å². The summed E-state index contributed by atoms with van der Waals surface area (Å²) in [6.45, 7) is 8.59. The Bertz CT molecular complexity index is 149. The molecule has 3 nitrogen and oxygen atoms in total. The highest BCUT2D eigenvalue weighted by molar-refractivity contribution is 5.73. The van der Waals surface area contributed by atoms with Gasteiger partial charge in [-0.15, -0.1) is 0 Å². The van der Waals surface area contributed by atoms with E-state index in [2.05, 4.69) is 26.1 Å². The van der Waals surface area contributed by atoms with Crippen LogP contribution in [-0.2, 0) is 4.79 Å². The highest BCUT2D eigenvalue weighted by Crippen LogP contribution is 2.10. The van der Waals surface area contributed by atoms with Crippen LogP contribution in [0.3, 0.4) is 0 Å². The maximum atomic E-state index is 10.4. The standard InChI is InChI=1S/C10H22N2O/c1-10(2,3)8-12-7-5-4-6-9(11)13/h12H,4-8H2,1-3H3,(H2,11,13). The molecule has 0 radical (unpaired) electrons. The molecule has 0 aliphatic rings. The second kappa shape index (κ2) is 5.97. The third kappa shape index (κ3) is 11.4. The quantitative estimate of drug-likeness (QED) is 0.614. The van der Waals surface area contributed by atoms with Crippen molar-refractivity contribution < 1.29 is 4.79 Å². The van der Waals surface area contributed by atoms with Gasteiger partial charge >= 0.3 is 0 Å². The molecule has 0 aliphatic heterocycles. The number of carbonyl (C=O) groups is 1. The lowest BCUT2D eigenvalue weighted by Crippen LogP contribution is -2.27. The van der Waals surface area contributed by atoms with Crippen LogP contribution in [0.25, 0.3) is 0 Å². The number of hydrogen-bond donors (Lipinski definition) is 2. The summed E-state index contributed by atoms with van der Waals surface area (Å²) >= 11 is 0. The minimum absolute atomic E-state index is 0.198. The molecule has 0 fully saturated rings. The van der Waals surface area contributed by atoms with Crippen LogP contribution < -0.4 is 11.1 Å². The van der Waals surface area contributed by atoms with Crippen molar-refractivity contribution in [2.45, 2.75) is 40.0 Å². The van der Waals surface area contributed by atoms with Crippen molar-refractivity contribution in [3.8, 4) is 0 Å². The molecule has 0 spiro atoms. The third-order valence-electron chi connectivity index (χ3n) is 1.68. The molecule has 3 N–H and O–H groups in total. The fourth-order valence-electron chi connectivity index (χ4n) is 1.01. The largest absolute Gasteiger partial charge is 0.370 e. The number of rotatable bonds is 6. The van der Waals surface area contributed by atoms with E-state index in [0.29, 0.717) is 11.8 Å². The van der Waals surface area contributed by atoms with Gasteiger partial charge in [0.05, 0.1) is 0 Å². The van der Waals surface area contributed by atoms with Gasteiger partial charge in [-0.2, -0.15) is 0 Å². The molecular weight excluding hydrogens is 164 g/mol. The molecule has 0 rings (SSSR count). The molecule has 0 aromatic heterocycles. The van der Waals surface area contributed by atoms with Crippen molar-refractivity contribution in [1.29, 1.82) is 0 Å². The van der Waals surface area contributed by atoms with Crippen molar-refractivity contribution >= 4 is 5.91 Å². The molecule has 13 heavy (non-hydrogen) atoms. The van der Waals surface area contributed by atoms with Crippen molar-refractivity contribution in [2.75, 3.05) is 13.1 Å². The molecule has 0 saturated heterocycles. The second-order valence-electron chi connectivity index (χ2n) is 4.66. The summed E-state index contributed by atoms with van der Waals surface area (Å²) in [5, 5.41) is 3.35. The van der Waals surface area contributed by atoms with Crippen molar-refractivity contribution in [1.82, 2.24) is 5.32 Å². The Morgan fingerprint density at radius 2 is 1.92 bits per heavy atom. The van der Waals surface area contributed by atoms with E-state index >= 15 is 0 Å². The van der Waals surface area contributed by atoms with E-state index in [0.717, 1.165) is 25.9 Å². The van der Waals surface area contributed by atoms with Crippen LogP contribution in [0, 0.1) is 5.41 Å². The lowest BCUT2D eigenvalue weighted by atomic mass is 9.97. The first-order valence-corrected chi connectivity index (χ1v) is 4.91. The van der Waals surface area contributed by atoms with Gasteiger partial charge in [-0.3, -0.25) is 4.79 Å². The predicted octanol–water partition coefficient (Wildman–Crippen LogP) is 1.28. The summed E-state index contributed by atoms with van der Waals surface area (Å²) in [7, 11) is 0. The maximum absolute atomic E-state index is 10.4. The maximum Gasteiger partial charge on any atom is 0.217 e. The summed E-state index contributed by atoms with van der Waals surface area (Å²) in [5.41, 5.74) is 5.35. The molecule has 1 amide bonds. The van der Waals surface area contributed by atoms with E-state index in [1.54, 1.807) is 0 Å². The van der Waals surface area contributed by atoms with Gasteiger partial charge in [-0.25, -0.2) is 0 Å².